The Labute approximate surface area is 156 Å². The molecule has 1 aromatic carbocycles. The van der Waals surface area contributed by atoms with Gasteiger partial charge < -0.3 is 9.53 Å². The summed E-state index contributed by atoms with van der Waals surface area (Å²) in [6.45, 7) is 1.01. The molecule has 1 N–H and O–H groups in total. The molecule has 8 nitrogen and oxygen atoms in total. The molecule has 0 radical (unpaired) electrons. The third-order valence-corrected chi connectivity index (χ3v) is 4.81. The van der Waals surface area contributed by atoms with Crippen molar-refractivity contribution in [1.29, 1.82) is 0 Å². The van der Waals surface area contributed by atoms with Crippen LogP contribution in [-0.2, 0) is 32.6 Å². The Morgan fingerprint density at radius 1 is 1.22 bits per heavy atom. The van der Waals surface area contributed by atoms with Crippen LogP contribution in [0.4, 0.5) is 0 Å². The minimum Gasteiger partial charge on any atom is -0.381 e. The molecule has 8 heteroatoms. The number of rotatable bonds is 8. The predicted molar refractivity (Wildman–Crippen MR) is 98.4 cm³/mol. The van der Waals surface area contributed by atoms with Crippen molar-refractivity contribution in [2.45, 2.75) is 38.1 Å². The van der Waals surface area contributed by atoms with Crippen molar-refractivity contribution in [3.63, 3.8) is 0 Å². The highest BCUT2D eigenvalue weighted by molar-refractivity contribution is 6.00. The second-order valence-electron chi connectivity index (χ2n) is 6.67. The monoisotopic (exact) mass is 373 g/mol. The van der Waals surface area contributed by atoms with Gasteiger partial charge in [-0.05, 0) is 37.0 Å². The molecule has 2 amide bonds. The van der Waals surface area contributed by atoms with Gasteiger partial charge in [0.25, 0.3) is 0 Å². The number of aromatic nitrogens is 2. The number of aryl methyl sites for hydroxylation is 2. The molecule has 1 saturated heterocycles. The fourth-order valence-corrected chi connectivity index (χ4v) is 3.41. The van der Waals surface area contributed by atoms with Crippen LogP contribution in [-0.4, -0.2) is 40.4 Å². The number of hydrogen-bond acceptors (Lipinski definition) is 5. The van der Waals surface area contributed by atoms with E-state index in [1.54, 1.807) is 7.05 Å². The lowest BCUT2D eigenvalue weighted by Crippen LogP contribution is -2.44. The minimum absolute atomic E-state index is 0.224. The molecular weight excluding hydrogens is 350 g/mol. The molecule has 0 spiro atoms. The Morgan fingerprint density at radius 2 is 2.04 bits per heavy atom. The molecule has 27 heavy (non-hydrogen) atoms. The summed E-state index contributed by atoms with van der Waals surface area (Å²) in [6.07, 6.45) is 3.38. The Morgan fingerprint density at radius 3 is 2.78 bits per heavy atom. The van der Waals surface area contributed by atoms with Crippen LogP contribution < -0.4 is 11.0 Å². The Hall–Kier alpha value is -2.74. The fourth-order valence-electron chi connectivity index (χ4n) is 3.41. The maximum atomic E-state index is 12.7. The molecule has 1 unspecified atom stereocenters. The summed E-state index contributed by atoms with van der Waals surface area (Å²) in [4.78, 5) is 46.5. The molecular formula is C19H23N3O5. The van der Waals surface area contributed by atoms with Crippen LogP contribution in [0.2, 0.25) is 0 Å². The lowest BCUT2D eigenvalue weighted by Gasteiger charge is -2.21. The van der Waals surface area contributed by atoms with E-state index >= 15 is 0 Å². The van der Waals surface area contributed by atoms with E-state index in [-0.39, 0.29) is 18.0 Å². The molecule has 0 bridgehead atoms. The van der Waals surface area contributed by atoms with E-state index in [0.717, 1.165) is 30.2 Å². The molecule has 0 aliphatic carbocycles. The van der Waals surface area contributed by atoms with Crippen molar-refractivity contribution < 1.29 is 19.1 Å². The highest BCUT2D eigenvalue weighted by Crippen LogP contribution is 2.24. The number of ether oxygens (including phenoxy) is 1. The molecule has 2 heterocycles. The number of imidazole rings is 1. The summed E-state index contributed by atoms with van der Waals surface area (Å²) in [6, 6.07) is 5.07. The lowest BCUT2D eigenvalue weighted by atomic mass is 10.1. The van der Waals surface area contributed by atoms with Crippen molar-refractivity contribution in [2.75, 3.05) is 13.2 Å². The van der Waals surface area contributed by atoms with Gasteiger partial charge in [-0.1, -0.05) is 6.07 Å². The molecule has 1 aromatic heterocycles. The highest BCUT2D eigenvalue weighted by Gasteiger charge is 2.31. The number of piperidine rings is 1. The predicted octanol–water partition coefficient (Wildman–Crippen LogP) is 0.856. The Bertz CT molecular complexity index is 927. The van der Waals surface area contributed by atoms with Crippen LogP contribution in [0, 0.1) is 0 Å². The molecule has 1 fully saturated rings. The summed E-state index contributed by atoms with van der Waals surface area (Å²) in [5, 5.41) is 2.31. The SMILES string of the molecule is Cn1c(=O)n(C2CCC(=O)NC2=O)c2ccc(CCCOCCC=O)cc21. The van der Waals surface area contributed by atoms with Gasteiger partial charge in [-0.2, -0.15) is 0 Å². The number of carbonyl (C=O) groups excluding carboxylic acids is 3. The van der Waals surface area contributed by atoms with E-state index in [1.807, 2.05) is 18.2 Å². The number of fused-ring (bicyclic) bond motifs is 1. The van der Waals surface area contributed by atoms with Gasteiger partial charge in [0.05, 0.1) is 17.6 Å². The number of aldehydes is 1. The molecule has 1 aliphatic heterocycles. The van der Waals surface area contributed by atoms with Crippen LogP contribution in [0.1, 0.15) is 37.3 Å². The Balaban J connectivity index is 1.79. The van der Waals surface area contributed by atoms with Gasteiger partial charge in [0.2, 0.25) is 11.8 Å². The molecule has 0 saturated carbocycles. The summed E-state index contributed by atoms with van der Waals surface area (Å²) < 4.78 is 8.37. The zero-order valence-corrected chi connectivity index (χ0v) is 15.3. The normalized spacial score (nSPS) is 17.3. The van der Waals surface area contributed by atoms with Crippen LogP contribution in [0.5, 0.6) is 0 Å². The number of benzene rings is 1. The standard InChI is InChI=1S/C19H23N3O5/c1-21-16-12-13(4-2-10-27-11-3-9-23)5-6-14(16)22(19(21)26)15-7-8-17(24)20-18(15)25/h5-6,9,12,15H,2-4,7-8,10-11H2,1H3,(H,20,24,25). The van der Waals surface area contributed by atoms with E-state index in [4.69, 9.17) is 4.74 Å². The molecule has 3 rings (SSSR count). The third-order valence-electron chi connectivity index (χ3n) is 4.81. The van der Waals surface area contributed by atoms with Crippen LogP contribution in [0.3, 0.4) is 0 Å². The quantitative estimate of drug-likeness (QED) is 0.420. The van der Waals surface area contributed by atoms with Gasteiger partial charge in [0.1, 0.15) is 12.3 Å². The summed E-state index contributed by atoms with van der Waals surface area (Å²) in [7, 11) is 1.68. The zero-order valence-electron chi connectivity index (χ0n) is 15.3. The lowest BCUT2D eigenvalue weighted by molar-refractivity contribution is -0.135. The van der Waals surface area contributed by atoms with E-state index in [2.05, 4.69) is 5.32 Å². The van der Waals surface area contributed by atoms with Crippen molar-refractivity contribution in [2.24, 2.45) is 7.05 Å². The van der Waals surface area contributed by atoms with Crippen molar-refractivity contribution in [1.82, 2.24) is 14.5 Å². The first-order valence-corrected chi connectivity index (χ1v) is 9.08. The number of amides is 2. The topological polar surface area (TPSA) is 99.4 Å². The van der Waals surface area contributed by atoms with E-state index in [0.29, 0.717) is 31.6 Å². The molecule has 1 aliphatic rings. The van der Waals surface area contributed by atoms with Crippen molar-refractivity contribution >= 4 is 29.1 Å². The zero-order chi connectivity index (χ0) is 19.4. The summed E-state index contributed by atoms with van der Waals surface area (Å²) in [5.74, 6) is -0.736. The molecule has 144 valence electrons. The highest BCUT2D eigenvalue weighted by atomic mass is 16.5. The van der Waals surface area contributed by atoms with Gasteiger partial charge in [-0.15, -0.1) is 0 Å². The third kappa shape index (κ3) is 4.00. The fraction of sp³-hybridized carbons (Fsp3) is 0.474. The van der Waals surface area contributed by atoms with Gasteiger partial charge >= 0.3 is 5.69 Å². The molecule has 2 aromatic rings. The second kappa shape index (κ2) is 8.30. The van der Waals surface area contributed by atoms with E-state index < -0.39 is 11.9 Å². The summed E-state index contributed by atoms with van der Waals surface area (Å²) in [5.41, 5.74) is 2.23. The van der Waals surface area contributed by atoms with Gasteiger partial charge in [0.15, 0.2) is 0 Å². The van der Waals surface area contributed by atoms with E-state index in [9.17, 15) is 19.2 Å². The van der Waals surface area contributed by atoms with Gasteiger partial charge in [-0.3, -0.25) is 24.0 Å². The van der Waals surface area contributed by atoms with E-state index in [1.165, 1.54) is 9.13 Å². The number of nitrogens with one attached hydrogen (secondary N) is 1. The number of hydrogen-bond donors (Lipinski definition) is 1. The minimum atomic E-state index is -0.670. The van der Waals surface area contributed by atoms with Crippen molar-refractivity contribution in [3.05, 3.63) is 34.2 Å². The first kappa shape index (κ1) is 19.0. The number of nitrogens with zero attached hydrogens (tertiary/aromatic N) is 2. The average molecular weight is 373 g/mol. The second-order valence-corrected chi connectivity index (χ2v) is 6.67. The van der Waals surface area contributed by atoms with Crippen LogP contribution >= 0.6 is 0 Å². The molecule has 1 atom stereocenters. The maximum Gasteiger partial charge on any atom is 0.329 e. The van der Waals surface area contributed by atoms with Crippen LogP contribution in [0.25, 0.3) is 11.0 Å². The Kier molecular flexibility index (Phi) is 5.85. The maximum absolute atomic E-state index is 12.7. The smallest absolute Gasteiger partial charge is 0.329 e. The van der Waals surface area contributed by atoms with Gasteiger partial charge in [-0.25, -0.2) is 4.79 Å². The first-order valence-electron chi connectivity index (χ1n) is 9.08. The number of imide groups is 1. The average Bonchev–Trinajstić information content (AvgIpc) is 2.89. The van der Waals surface area contributed by atoms with Crippen LogP contribution in [0.15, 0.2) is 23.0 Å². The largest absolute Gasteiger partial charge is 0.381 e. The number of carbonyl (C=O) groups is 3. The van der Waals surface area contributed by atoms with Crippen molar-refractivity contribution in [3.8, 4) is 0 Å². The van der Waals surface area contributed by atoms with Gasteiger partial charge in [0, 0.05) is 26.5 Å². The first-order chi connectivity index (χ1) is 13.0. The summed E-state index contributed by atoms with van der Waals surface area (Å²) >= 11 is 0.